The van der Waals surface area contributed by atoms with Crippen molar-refractivity contribution in [3.05, 3.63) is 35.9 Å². The van der Waals surface area contributed by atoms with Gasteiger partial charge < -0.3 is 15.8 Å². The molecule has 5 nitrogen and oxygen atoms in total. The van der Waals surface area contributed by atoms with E-state index < -0.39 is 6.10 Å². The number of nitrogens with two attached hydrogens (primary N) is 1. The number of anilines is 1. The van der Waals surface area contributed by atoms with Crippen LogP contribution in [-0.4, -0.2) is 30.8 Å². The quantitative estimate of drug-likeness (QED) is 0.530. The highest BCUT2D eigenvalue weighted by atomic mass is 32.2. The number of carbonyl (C=O) groups is 2. The van der Waals surface area contributed by atoms with Crippen molar-refractivity contribution in [2.45, 2.75) is 64.4 Å². The predicted octanol–water partition coefficient (Wildman–Crippen LogP) is 4.69. The molecule has 0 fully saturated rings. The summed E-state index contributed by atoms with van der Waals surface area (Å²) in [5, 5.41) is 2.90. The van der Waals surface area contributed by atoms with Gasteiger partial charge in [0.05, 0.1) is 5.69 Å². The average Bonchev–Trinajstić information content (AvgIpc) is 2.79. The Morgan fingerprint density at radius 2 is 2.11 bits per heavy atom. The second-order valence-electron chi connectivity index (χ2n) is 7.92. The Balaban J connectivity index is 0.000000281. The highest BCUT2D eigenvalue weighted by Gasteiger charge is 2.14. The van der Waals surface area contributed by atoms with Crippen LogP contribution in [0.15, 0.2) is 35.2 Å². The molecule has 1 unspecified atom stereocenters. The molecule has 2 rings (SSSR count). The van der Waals surface area contributed by atoms with Crippen molar-refractivity contribution in [1.82, 2.24) is 0 Å². The summed E-state index contributed by atoms with van der Waals surface area (Å²) in [6.45, 7) is 8.55. The number of hydrogen-bond acceptors (Lipinski definition) is 4. The Bertz CT molecular complexity index is 681. The molecule has 1 atom stereocenters. The van der Waals surface area contributed by atoms with Gasteiger partial charge in [-0.05, 0) is 43.2 Å². The van der Waals surface area contributed by atoms with Crippen LogP contribution in [-0.2, 0) is 14.3 Å². The molecule has 1 heterocycles. The van der Waals surface area contributed by atoms with Gasteiger partial charge in [0, 0.05) is 24.2 Å². The summed E-state index contributed by atoms with van der Waals surface area (Å²) in [6.07, 6.45) is 7.08. The van der Waals surface area contributed by atoms with E-state index in [-0.39, 0.29) is 17.2 Å². The topological polar surface area (TPSA) is 81.4 Å². The van der Waals surface area contributed by atoms with Gasteiger partial charge in [0.2, 0.25) is 11.8 Å². The van der Waals surface area contributed by atoms with Crippen LogP contribution >= 0.6 is 11.8 Å². The maximum atomic E-state index is 11.2. The maximum Gasteiger partial charge on any atom is 0.246 e. The average molecular weight is 407 g/mol. The lowest BCUT2D eigenvalue weighted by atomic mass is 9.95. The molecule has 0 aromatic heterocycles. The summed E-state index contributed by atoms with van der Waals surface area (Å²) in [4.78, 5) is 23.3. The molecule has 3 N–H and O–H groups in total. The van der Waals surface area contributed by atoms with Crippen molar-refractivity contribution in [2.75, 3.05) is 18.2 Å². The van der Waals surface area contributed by atoms with E-state index in [1.165, 1.54) is 17.6 Å². The third kappa shape index (κ3) is 9.42. The highest BCUT2D eigenvalue weighted by Crippen LogP contribution is 2.33. The van der Waals surface area contributed by atoms with Crippen LogP contribution in [0.3, 0.4) is 0 Å². The van der Waals surface area contributed by atoms with Crippen molar-refractivity contribution < 1.29 is 14.3 Å². The number of methoxy groups -OCH3 is 1. The zero-order chi connectivity index (χ0) is 21.2. The van der Waals surface area contributed by atoms with E-state index in [9.17, 15) is 9.59 Å². The van der Waals surface area contributed by atoms with Gasteiger partial charge in [-0.3, -0.25) is 9.59 Å². The fraction of sp³-hybridized carbons (Fsp3) is 0.545. The second kappa shape index (κ2) is 11.9. The predicted molar refractivity (Wildman–Crippen MR) is 118 cm³/mol. The Labute approximate surface area is 173 Å². The molecule has 0 saturated carbocycles. The van der Waals surface area contributed by atoms with Gasteiger partial charge in [0.1, 0.15) is 6.10 Å². The van der Waals surface area contributed by atoms with E-state index in [4.69, 9.17) is 10.5 Å². The third-order valence-corrected chi connectivity index (χ3v) is 5.36. The fourth-order valence-corrected chi connectivity index (χ4v) is 3.70. The molecular weight excluding hydrogens is 372 g/mol. The Kier molecular flexibility index (Phi) is 10.3. The zero-order valence-corrected chi connectivity index (χ0v) is 18.5. The van der Waals surface area contributed by atoms with Crippen LogP contribution in [0, 0.1) is 12.3 Å². The smallest absolute Gasteiger partial charge is 0.246 e. The lowest BCUT2D eigenvalue weighted by molar-refractivity contribution is -0.128. The number of unbranched alkanes of at least 4 members (excludes halogenated alkanes) is 1. The van der Waals surface area contributed by atoms with E-state index in [1.54, 1.807) is 11.8 Å². The molecule has 1 aromatic rings. The van der Waals surface area contributed by atoms with Crippen molar-refractivity contribution in [3.63, 3.8) is 0 Å². The van der Waals surface area contributed by atoms with Gasteiger partial charge in [-0.15, -0.1) is 11.8 Å². The molecule has 0 bridgehead atoms. The summed E-state index contributed by atoms with van der Waals surface area (Å²) >= 11 is 1.76. The molecule has 6 heteroatoms. The van der Waals surface area contributed by atoms with Gasteiger partial charge in [-0.1, -0.05) is 45.1 Å². The van der Waals surface area contributed by atoms with Gasteiger partial charge >= 0.3 is 0 Å². The largest absolute Gasteiger partial charge is 0.372 e. The van der Waals surface area contributed by atoms with Gasteiger partial charge in [-0.2, -0.15) is 0 Å². The Hall–Kier alpha value is -1.79. The number of amides is 2. The van der Waals surface area contributed by atoms with Crippen molar-refractivity contribution >= 4 is 29.3 Å². The Morgan fingerprint density at radius 3 is 2.71 bits per heavy atom. The first-order valence-electron chi connectivity index (χ1n) is 9.66. The lowest BCUT2D eigenvalue weighted by Crippen LogP contribution is -2.29. The second-order valence-corrected chi connectivity index (χ2v) is 9.03. The van der Waals surface area contributed by atoms with Gasteiger partial charge in [-0.25, -0.2) is 0 Å². The SMILES string of the molecule is COC(CCC/C=C/C(C)(C)C)C(N)=O.Cc1cccc2c1SCCC(=O)N2. The number of primary amides is 1. The molecule has 0 aliphatic carbocycles. The number of thioether (sulfide) groups is 1. The number of fused-ring (bicyclic) bond motifs is 1. The zero-order valence-electron chi connectivity index (χ0n) is 17.7. The number of hydrogen-bond donors (Lipinski definition) is 2. The molecule has 0 spiro atoms. The third-order valence-electron chi connectivity index (χ3n) is 4.12. The molecule has 2 amide bonds. The molecule has 1 aromatic carbocycles. The summed E-state index contributed by atoms with van der Waals surface area (Å²) in [5.41, 5.74) is 7.58. The number of nitrogens with one attached hydrogen (secondary N) is 1. The monoisotopic (exact) mass is 406 g/mol. The Morgan fingerprint density at radius 1 is 1.39 bits per heavy atom. The first-order chi connectivity index (χ1) is 13.1. The van der Waals surface area contributed by atoms with E-state index in [1.807, 2.05) is 12.1 Å². The number of aryl methyl sites for hydroxylation is 1. The highest BCUT2D eigenvalue weighted by molar-refractivity contribution is 7.99. The molecular formula is C22H34N2O3S. The first-order valence-corrected chi connectivity index (χ1v) is 10.6. The fourth-order valence-electron chi connectivity index (χ4n) is 2.64. The summed E-state index contributed by atoms with van der Waals surface area (Å²) in [7, 11) is 1.51. The lowest BCUT2D eigenvalue weighted by Gasteiger charge is -2.12. The van der Waals surface area contributed by atoms with Crippen molar-refractivity contribution in [1.29, 1.82) is 0 Å². The molecule has 28 heavy (non-hydrogen) atoms. The standard InChI is InChI=1S/C12H23NO2.C10H11NOS/c1-12(2,3)9-7-5-6-8-10(15-4)11(13)14;1-7-3-2-4-8-10(7)13-6-5-9(12)11-8/h7,9-10H,5-6,8H2,1-4H3,(H2,13,14);2-4H,5-6H2,1H3,(H,11,12)/b9-7+;. The maximum absolute atomic E-state index is 11.2. The van der Waals surface area contributed by atoms with Crippen LogP contribution in [0.5, 0.6) is 0 Å². The summed E-state index contributed by atoms with van der Waals surface area (Å²) < 4.78 is 4.96. The van der Waals surface area contributed by atoms with E-state index >= 15 is 0 Å². The van der Waals surface area contributed by atoms with Crippen molar-refractivity contribution in [3.8, 4) is 0 Å². The molecule has 0 radical (unpaired) electrons. The molecule has 0 saturated heterocycles. The van der Waals surface area contributed by atoms with Crippen LogP contribution in [0.2, 0.25) is 0 Å². The molecule has 1 aliphatic heterocycles. The first kappa shape index (κ1) is 24.2. The number of ether oxygens (including phenoxy) is 1. The molecule has 156 valence electrons. The van der Waals surface area contributed by atoms with E-state index in [2.05, 4.69) is 51.2 Å². The van der Waals surface area contributed by atoms with Gasteiger partial charge in [0.25, 0.3) is 0 Å². The summed E-state index contributed by atoms with van der Waals surface area (Å²) in [5.74, 6) is 0.623. The van der Waals surface area contributed by atoms with Crippen LogP contribution < -0.4 is 11.1 Å². The van der Waals surface area contributed by atoms with E-state index in [0.717, 1.165) is 24.3 Å². The number of rotatable bonds is 6. The number of carbonyl (C=O) groups excluding carboxylic acids is 2. The van der Waals surface area contributed by atoms with Crippen molar-refractivity contribution in [2.24, 2.45) is 11.1 Å². The minimum atomic E-state index is -0.437. The molecule has 1 aliphatic rings. The van der Waals surface area contributed by atoms with E-state index in [0.29, 0.717) is 12.8 Å². The number of allylic oxidation sites excluding steroid dienone is 2. The normalized spacial score (nSPS) is 15.1. The minimum Gasteiger partial charge on any atom is -0.372 e. The van der Waals surface area contributed by atoms with Crippen LogP contribution in [0.1, 0.15) is 52.0 Å². The summed E-state index contributed by atoms with van der Waals surface area (Å²) in [6, 6.07) is 6.00. The van der Waals surface area contributed by atoms with Crippen LogP contribution in [0.4, 0.5) is 5.69 Å². The van der Waals surface area contributed by atoms with Gasteiger partial charge in [0.15, 0.2) is 0 Å². The number of benzene rings is 1. The minimum absolute atomic E-state index is 0.122. The van der Waals surface area contributed by atoms with Crippen LogP contribution in [0.25, 0.3) is 0 Å².